The third kappa shape index (κ3) is 3.07. The van der Waals surface area contributed by atoms with Crippen molar-refractivity contribution in [2.24, 2.45) is 0 Å². The standard InChI is InChI=1S/C9H12Cl2N2/c1-12-5-6-13-9-7(10)3-2-4-8(9)11/h2-4,12-13H,5-6H2,1H3. The van der Waals surface area contributed by atoms with Gasteiger partial charge in [-0.2, -0.15) is 0 Å². The lowest BCUT2D eigenvalue weighted by atomic mass is 10.3. The van der Waals surface area contributed by atoms with Gasteiger partial charge < -0.3 is 10.6 Å². The fourth-order valence-corrected chi connectivity index (χ4v) is 1.51. The quantitative estimate of drug-likeness (QED) is 0.760. The van der Waals surface area contributed by atoms with Gasteiger partial charge in [0, 0.05) is 13.1 Å². The topological polar surface area (TPSA) is 24.1 Å². The van der Waals surface area contributed by atoms with Crippen LogP contribution < -0.4 is 10.6 Å². The van der Waals surface area contributed by atoms with Crippen LogP contribution in [0.25, 0.3) is 0 Å². The van der Waals surface area contributed by atoms with Gasteiger partial charge in [-0.3, -0.25) is 0 Å². The lowest BCUT2D eigenvalue weighted by Crippen LogP contribution is -2.17. The fourth-order valence-electron chi connectivity index (χ4n) is 0.979. The molecule has 2 N–H and O–H groups in total. The van der Waals surface area contributed by atoms with E-state index < -0.39 is 0 Å². The molecule has 0 aliphatic carbocycles. The molecule has 0 bridgehead atoms. The second kappa shape index (κ2) is 5.32. The smallest absolute Gasteiger partial charge is 0.0719 e. The normalized spacial score (nSPS) is 10.1. The first-order valence-corrected chi connectivity index (χ1v) is 4.84. The molecule has 2 nitrogen and oxygen atoms in total. The van der Waals surface area contributed by atoms with Crippen LogP contribution >= 0.6 is 23.2 Å². The van der Waals surface area contributed by atoms with Gasteiger partial charge in [-0.1, -0.05) is 29.3 Å². The minimum Gasteiger partial charge on any atom is -0.381 e. The highest BCUT2D eigenvalue weighted by Crippen LogP contribution is 2.29. The number of benzene rings is 1. The maximum absolute atomic E-state index is 5.94. The molecule has 0 fully saturated rings. The molecule has 1 aromatic rings. The second-order valence-corrected chi connectivity index (χ2v) is 3.44. The summed E-state index contributed by atoms with van der Waals surface area (Å²) in [5.41, 5.74) is 0.807. The van der Waals surface area contributed by atoms with E-state index >= 15 is 0 Å². The van der Waals surface area contributed by atoms with Crippen molar-refractivity contribution in [1.29, 1.82) is 0 Å². The predicted molar refractivity (Wildman–Crippen MR) is 58.9 cm³/mol. The zero-order valence-electron chi connectivity index (χ0n) is 7.40. The van der Waals surface area contributed by atoms with Crippen LogP contribution in [0.1, 0.15) is 0 Å². The van der Waals surface area contributed by atoms with Crippen LogP contribution in [-0.4, -0.2) is 20.1 Å². The molecule has 0 spiro atoms. The Morgan fingerprint density at radius 3 is 2.31 bits per heavy atom. The molecule has 0 aliphatic heterocycles. The zero-order valence-corrected chi connectivity index (χ0v) is 8.91. The molecule has 0 unspecified atom stereocenters. The Morgan fingerprint density at radius 2 is 1.77 bits per heavy atom. The van der Waals surface area contributed by atoms with Gasteiger partial charge in [-0.25, -0.2) is 0 Å². The number of para-hydroxylation sites is 1. The third-order valence-electron chi connectivity index (χ3n) is 1.64. The molecule has 13 heavy (non-hydrogen) atoms. The Balaban J connectivity index is 2.64. The minimum atomic E-state index is 0.656. The van der Waals surface area contributed by atoms with E-state index in [1.807, 2.05) is 25.2 Å². The van der Waals surface area contributed by atoms with Crippen LogP contribution in [-0.2, 0) is 0 Å². The number of hydrogen-bond donors (Lipinski definition) is 2. The first-order valence-electron chi connectivity index (χ1n) is 4.08. The van der Waals surface area contributed by atoms with Crippen LogP contribution in [0.5, 0.6) is 0 Å². The molecule has 1 aromatic carbocycles. The summed E-state index contributed by atoms with van der Waals surface area (Å²) in [6, 6.07) is 5.46. The number of halogens is 2. The van der Waals surface area contributed by atoms with Crippen LogP contribution in [0.4, 0.5) is 5.69 Å². The van der Waals surface area contributed by atoms with Gasteiger partial charge in [-0.05, 0) is 19.2 Å². The summed E-state index contributed by atoms with van der Waals surface area (Å²) in [5.74, 6) is 0. The van der Waals surface area contributed by atoms with E-state index in [4.69, 9.17) is 23.2 Å². The molecular weight excluding hydrogens is 207 g/mol. The average Bonchev–Trinajstić information content (AvgIpc) is 2.10. The largest absolute Gasteiger partial charge is 0.381 e. The fraction of sp³-hybridized carbons (Fsp3) is 0.333. The summed E-state index contributed by atoms with van der Waals surface area (Å²) in [6.07, 6.45) is 0. The summed E-state index contributed by atoms with van der Waals surface area (Å²) in [7, 11) is 1.90. The number of likely N-dealkylation sites (N-methyl/N-ethyl adjacent to an activating group) is 1. The van der Waals surface area contributed by atoms with Gasteiger partial charge in [0.15, 0.2) is 0 Å². The number of nitrogens with one attached hydrogen (secondary N) is 2. The zero-order chi connectivity index (χ0) is 9.68. The molecule has 0 radical (unpaired) electrons. The van der Waals surface area contributed by atoms with Crippen molar-refractivity contribution in [2.45, 2.75) is 0 Å². The van der Waals surface area contributed by atoms with Crippen LogP contribution in [0, 0.1) is 0 Å². The molecule has 0 aromatic heterocycles. The summed E-state index contributed by atoms with van der Waals surface area (Å²) >= 11 is 11.9. The molecule has 0 atom stereocenters. The molecule has 0 aliphatic rings. The number of rotatable bonds is 4. The van der Waals surface area contributed by atoms with Gasteiger partial charge in [0.05, 0.1) is 15.7 Å². The summed E-state index contributed by atoms with van der Waals surface area (Å²) < 4.78 is 0. The van der Waals surface area contributed by atoms with Gasteiger partial charge >= 0.3 is 0 Å². The van der Waals surface area contributed by atoms with E-state index in [9.17, 15) is 0 Å². The van der Waals surface area contributed by atoms with Gasteiger partial charge in [-0.15, -0.1) is 0 Å². The molecule has 0 heterocycles. The Morgan fingerprint density at radius 1 is 1.15 bits per heavy atom. The molecule has 0 saturated carbocycles. The van der Waals surface area contributed by atoms with Crippen LogP contribution in [0.2, 0.25) is 10.0 Å². The SMILES string of the molecule is CNCCNc1c(Cl)cccc1Cl. The van der Waals surface area contributed by atoms with Crippen LogP contribution in [0.3, 0.4) is 0 Å². The van der Waals surface area contributed by atoms with E-state index in [2.05, 4.69) is 10.6 Å². The Hall–Kier alpha value is -0.440. The van der Waals surface area contributed by atoms with E-state index in [1.165, 1.54) is 0 Å². The van der Waals surface area contributed by atoms with Gasteiger partial charge in [0.25, 0.3) is 0 Å². The van der Waals surface area contributed by atoms with Gasteiger partial charge in [0.2, 0.25) is 0 Å². The van der Waals surface area contributed by atoms with Crippen molar-refractivity contribution in [3.63, 3.8) is 0 Å². The highest BCUT2D eigenvalue weighted by atomic mass is 35.5. The molecule has 72 valence electrons. The minimum absolute atomic E-state index is 0.656. The van der Waals surface area contributed by atoms with E-state index in [1.54, 1.807) is 0 Å². The lowest BCUT2D eigenvalue weighted by Gasteiger charge is -2.09. The summed E-state index contributed by atoms with van der Waals surface area (Å²) in [5, 5.41) is 7.50. The highest BCUT2D eigenvalue weighted by Gasteiger charge is 2.02. The van der Waals surface area contributed by atoms with Crippen molar-refractivity contribution in [3.05, 3.63) is 28.2 Å². The first-order chi connectivity index (χ1) is 6.25. The van der Waals surface area contributed by atoms with Crippen molar-refractivity contribution >= 4 is 28.9 Å². The maximum Gasteiger partial charge on any atom is 0.0719 e. The molecule has 0 amide bonds. The highest BCUT2D eigenvalue weighted by molar-refractivity contribution is 6.39. The van der Waals surface area contributed by atoms with Crippen molar-refractivity contribution in [3.8, 4) is 0 Å². The van der Waals surface area contributed by atoms with E-state index in [0.29, 0.717) is 10.0 Å². The molecule has 4 heteroatoms. The predicted octanol–water partition coefficient (Wildman–Crippen LogP) is 2.62. The molecular formula is C9H12Cl2N2. The first kappa shape index (κ1) is 10.6. The van der Waals surface area contributed by atoms with Crippen molar-refractivity contribution < 1.29 is 0 Å². The monoisotopic (exact) mass is 218 g/mol. The lowest BCUT2D eigenvalue weighted by molar-refractivity contribution is 0.824. The Kier molecular flexibility index (Phi) is 4.36. The maximum atomic E-state index is 5.94. The number of hydrogen-bond acceptors (Lipinski definition) is 2. The third-order valence-corrected chi connectivity index (χ3v) is 2.27. The Labute approximate surface area is 88.2 Å². The second-order valence-electron chi connectivity index (χ2n) is 2.63. The van der Waals surface area contributed by atoms with Crippen LogP contribution in [0.15, 0.2) is 18.2 Å². The van der Waals surface area contributed by atoms with Crippen molar-refractivity contribution in [1.82, 2.24) is 5.32 Å². The van der Waals surface area contributed by atoms with E-state index in [-0.39, 0.29) is 0 Å². The Bertz CT molecular complexity index is 256. The summed E-state index contributed by atoms with van der Waals surface area (Å²) in [4.78, 5) is 0. The van der Waals surface area contributed by atoms with Crippen molar-refractivity contribution in [2.75, 3.05) is 25.5 Å². The number of anilines is 1. The van der Waals surface area contributed by atoms with E-state index in [0.717, 1.165) is 18.8 Å². The molecule has 0 saturated heterocycles. The molecule has 1 rings (SSSR count). The summed E-state index contributed by atoms with van der Waals surface area (Å²) in [6.45, 7) is 1.68. The van der Waals surface area contributed by atoms with Gasteiger partial charge in [0.1, 0.15) is 0 Å². The average molecular weight is 219 g/mol.